The second-order valence-corrected chi connectivity index (χ2v) is 3.87. The topological polar surface area (TPSA) is 46.2 Å². The van der Waals surface area contributed by atoms with Crippen molar-refractivity contribution in [2.75, 3.05) is 0 Å². The molecule has 0 spiro atoms. The Morgan fingerprint density at radius 3 is 2.64 bits per heavy atom. The Labute approximate surface area is 86.6 Å². The van der Waals surface area contributed by atoms with Crippen molar-refractivity contribution in [3.8, 4) is 5.75 Å². The minimum atomic E-state index is -0.234. The molecule has 0 unspecified atom stereocenters. The van der Waals surface area contributed by atoms with E-state index >= 15 is 0 Å². The molecule has 0 aliphatic carbocycles. The molecule has 0 amide bonds. The van der Waals surface area contributed by atoms with Crippen molar-refractivity contribution >= 4 is 11.3 Å². The van der Waals surface area contributed by atoms with Gasteiger partial charge in [0.05, 0.1) is 6.04 Å². The predicted octanol–water partition coefficient (Wildman–Crippen LogP) is 2.50. The van der Waals surface area contributed by atoms with Gasteiger partial charge in [0, 0.05) is 5.56 Å². The Kier molecular flexibility index (Phi) is 2.52. The van der Waals surface area contributed by atoms with E-state index in [1.807, 2.05) is 29.0 Å². The zero-order valence-electron chi connectivity index (χ0n) is 7.55. The molecule has 2 nitrogen and oxygen atoms in total. The molecule has 3 N–H and O–H groups in total. The normalized spacial score (nSPS) is 12.6. The van der Waals surface area contributed by atoms with E-state index < -0.39 is 0 Å². The molecule has 0 saturated carbocycles. The maximum absolute atomic E-state index is 9.60. The minimum absolute atomic E-state index is 0.234. The van der Waals surface area contributed by atoms with Crippen LogP contribution in [0.1, 0.15) is 17.2 Å². The van der Waals surface area contributed by atoms with Crippen LogP contribution in [0, 0.1) is 0 Å². The monoisotopic (exact) mass is 205 g/mol. The molecule has 0 aliphatic heterocycles. The molecule has 0 radical (unpaired) electrons. The molecule has 1 heterocycles. The fraction of sp³-hybridized carbons (Fsp3) is 0.0909. The molecule has 2 aromatic rings. The van der Waals surface area contributed by atoms with Crippen LogP contribution in [-0.4, -0.2) is 5.11 Å². The Hall–Kier alpha value is -1.32. The lowest BCUT2D eigenvalue weighted by Gasteiger charge is -2.11. The fourth-order valence-electron chi connectivity index (χ4n) is 1.38. The molecule has 3 heteroatoms. The number of hydrogen-bond acceptors (Lipinski definition) is 3. The largest absolute Gasteiger partial charge is 0.508 e. The van der Waals surface area contributed by atoms with E-state index in [4.69, 9.17) is 5.73 Å². The summed E-state index contributed by atoms with van der Waals surface area (Å²) in [6, 6.07) is 8.91. The van der Waals surface area contributed by atoms with Crippen LogP contribution in [0.3, 0.4) is 0 Å². The summed E-state index contributed by atoms with van der Waals surface area (Å²) >= 11 is 1.61. The zero-order chi connectivity index (χ0) is 9.97. The summed E-state index contributed by atoms with van der Waals surface area (Å²) in [4.78, 5) is 0. The molecule has 2 rings (SSSR count). The van der Waals surface area contributed by atoms with Crippen molar-refractivity contribution in [3.05, 3.63) is 52.2 Å². The highest BCUT2D eigenvalue weighted by Crippen LogP contribution is 2.27. The van der Waals surface area contributed by atoms with E-state index in [9.17, 15) is 5.11 Å². The number of phenols is 1. The first kappa shape index (κ1) is 9.24. The van der Waals surface area contributed by atoms with Crippen LogP contribution in [0.4, 0.5) is 0 Å². The highest BCUT2D eigenvalue weighted by atomic mass is 32.1. The first-order valence-corrected chi connectivity index (χ1v) is 5.29. The van der Waals surface area contributed by atoms with Gasteiger partial charge in [-0.2, -0.15) is 11.3 Å². The van der Waals surface area contributed by atoms with Crippen molar-refractivity contribution < 1.29 is 5.11 Å². The van der Waals surface area contributed by atoms with Crippen LogP contribution < -0.4 is 5.73 Å². The predicted molar refractivity (Wildman–Crippen MR) is 58.5 cm³/mol. The van der Waals surface area contributed by atoms with Crippen LogP contribution in [0.2, 0.25) is 0 Å². The number of benzene rings is 1. The summed E-state index contributed by atoms with van der Waals surface area (Å²) in [5, 5.41) is 13.6. The third-order valence-electron chi connectivity index (χ3n) is 2.17. The molecular weight excluding hydrogens is 194 g/mol. The van der Waals surface area contributed by atoms with Gasteiger partial charge in [-0.05, 0) is 28.5 Å². The highest BCUT2D eigenvalue weighted by Gasteiger charge is 2.12. The van der Waals surface area contributed by atoms with E-state index in [1.54, 1.807) is 23.5 Å². The van der Waals surface area contributed by atoms with E-state index in [1.165, 1.54) is 0 Å². The quantitative estimate of drug-likeness (QED) is 0.791. The molecule has 0 fully saturated rings. The van der Waals surface area contributed by atoms with Crippen LogP contribution in [0.25, 0.3) is 0 Å². The lowest BCUT2D eigenvalue weighted by Crippen LogP contribution is -2.10. The van der Waals surface area contributed by atoms with Gasteiger partial charge in [-0.3, -0.25) is 0 Å². The maximum Gasteiger partial charge on any atom is 0.120 e. The van der Waals surface area contributed by atoms with Crippen LogP contribution in [-0.2, 0) is 0 Å². The first-order chi connectivity index (χ1) is 6.79. The maximum atomic E-state index is 9.60. The number of thiophene rings is 1. The van der Waals surface area contributed by atoms with Crippen LogP contribution >= 0.6 is 11.3 Å². The van der Waals surface area contributed by atoms with Gasteiger partial charge in [0.2, 0.25) is 0 Å². The van der Waals surface area contributed by atoms with Gasteiger partial charge in [-0.1, -0.05) is 18.2 Å². The van der Waals surface area contributed by atoms with E-state index in [0.717, 1.165) is 11.1 Å². The van der Waals surface area contributed by atoms with E-state index in [0.29, 0.717) is 0 Å². The van der Waals surface area contributed by atoms with Crippen molar-refractivity contribution in [2.24, 2.45) is 5.73 Å². The highest BCUT2D eigenvalue weighted by molar-refractivity contribution is 7.08. The average Bonchev–Trinajstić information content (AvgIpc) is 2.70. The van der Waals surface area contributed by atoms with Crippen molar-refractivity contribution in [3.63, 3.8) is 0 Å². The number of hydrogen-bond donors (Lipinski definition) is 2. The summed E-state index contributed by atoms with van der Waals surface area (Å²) in [5.41, 5.74) is 7.82. The standard InChI is InChI=1S/C11H11NOS/c12-11(8-5-6-14-7-8)9-3-1-2-4-10(9)13/h1-7,11,13H,12H2/t11-/m1/s1. The summed E-state index contributed by atoms with van der Waals surface area (Å²) in [5.74, 6) is 0.256. The number of aromatic hydroxyl groups is 1. The Balaban J connectivity index is 2.37. The van der Waals surface area contributed by atoms with E-state index in [-0.39, 0.29) is 11.8 Å². The van der Waals surface area contributed by atoms with Gasteiger partial charge in [-0.15, -0.1) is 0 Å². The van der Waals surface area contributed by atoms with E-state index in [2.05, 4.69) is 0 Å². The molecule has 14 heavy (non-hydrogen) atoms. The number of para-hydroxylation sites is 1. The van der Waals surface area contributed by atoms with Crippen molar-refractivity contribution in [1.29, 1.82) is 0 Å². The smallest absolute Gasteiger partial charge is 0.120 e. The van der Waals surface area contributed by atoms with Crippen LogP contribution in [0.15, 0.2) is 41.1 Å². The lowest BCUT2D eigenvalue weighted by molar-refractivity contribution is 0.465. The van der Waals surface area contributed by atoms with Gasteiger partial charge in [0.25, 0.3) is 0 Å². The zero-order valence-corrected chi connectivity index (χ0v) is 8.37. The molecule has 1 aromatic carbocycles. The van der Waals surface area contributed by atoms with Crippen LogP contribution in [0.5, 0.6) is 5.75 Å². The van der Waals surface area contributed by atoms with Gasteiger partial charge >= 0.3 is 0 Å². The van der Waals surface area contributed by atoms with Gasteiger partial charge in [0.1, 0.15) is 5.75 Å². The van der Waals surface area contributed by atoms with Gasteiger partial charge < -0.3 is 10.8 Å². The molecule has 1 aromatic heterocycles. The molecule has 0 aliphatic rings. The third-order valence-corrected chi connectivity index (χ3v) is 2.88. The summed E-state index contributed by atoms with van der Waals surface area (Å²) in [7, 11) is 0. The summed E-state index contributed by atoms with van der Waals surface area (Å²) in [6.45, 7) is 0. The Bertz CT molecular complexity index is 411. The second-order valence-electron chi connectivity index (χ2n) is 3.09. The number of nitrogens with two attached hydrogens (primary N) is 1. The van der Waals surface area contributed by atoms with Gasteiger partial charge in [0.15, 0.2) is 0 Å². The Morgan fingerprint density at radius 1 is 1.21 bits per heavy atom. The summed E-state index contributed by atoms with van der Waals surface area (Å²) in [6.07, 6.45) is 0. The first-order valence-electron chi connectivity index (χ1n) is 4.34. The molecule has 0 saturated heterocycles. The fourth-order valence-corrected chi connectivity index (χ4v) is 2.08. The second kappa shape index (κ2) is 3.82. The SMILES string of the molecule is N[C@H](c1ccsc1)c1ccccc1O. The van der Waals surface area contributed by atoms with Crippen molar-refractivity contribution in [2.45, 2.75) is 6.04 Å². The van der Waals surface area contributed by atoms with Gasteiger partial charge in [-0.25, -0.2) is 0 Å². The van der Waals surface area contributed by atoms with Crippen molar-refractivity contribution in [1.82, 2.24) is 0 Å². The molecule has 1 atom stereocenters. The number of rotatable bonds is 2. The third kappa shape index (κ3) is 1.64. The summed E-state index contributed by atoms with van der Waals surface area (Å²) < 4.78 is 0. The lowest BCUT2D eigenvalue weighted by atomic mass is 10.0. The molecule has 0 bridgehead atoms. The molecule has 72 valence electrons. The Morgan fingerprint density at radius 2 is 2.00 bits per heavy atom. The number of phenolic OH excluding ortho intramolecular Hbond substituents is 1. The molecular formula is C11H11NOS. The average molecular weight is 205 g/mol. The minimum Gasteiger partial charge on any atom is -0.508 e.